The van der Waals surface area contributed by atoms with E-state index in [1.54, 1.807) is 6.08 Å². The van der Waals surface area contributed by atoms with Crippen LogP contribution in [0.3, 0.4) is 0 Å². The maximum atomic E-state index is 10.2. The van der Waals surface area contributed by atoms with Crippen molar-refractivity contribution < 1.29 is 9.53 Å². The highest BCUT2D eigenvalue weighted by atomic mass is 16.5. The highest BCUT2D eigenvalue weighted by Crippen LogP contribution is 2.31. The lowest BCUT2D eigenvalue weighted by molar-refractivity contribution is -0.141. The topological polar surface area (TPSA) is 26.3 Å². The summed E-state index contributed by atoms with van der Waals surface area (Å²) in [6.45, 7) is 4.23. The van der Waals surface area contributed by atoms with E-state index in [0.717, 1.165) is 25.7 Å². The van der Waals surface area contributed by atoms with Crippen LogP contribution in [0.2, 0.25) is 0 Å². The Kier molecular flexibility index (Phi) is 2.69. The molecule has 0 aromatic carbocycles. The summed E-state index contributed by atoms with van der Waals surface area (Å²) >= 11 is 0. The third-order valence-electron chi connectivity index (χ3n) is 2.35. The van der Waals surface area contributed by atoms with E-state index in [2.05, 4.69) is 6.58 Å². The normalized spacial score (nSPS) is 22.2. The number of rotatable bonds is 3. The van der Waals surface area contributed by atoms with Gasteiger partial charge in [-0.2, -0.15) is 0 Å². The maximum Gasteiger partial charge on any atom is 0.293 e. The molecule has 62 valence electrons. The standard InChI is InChI=1S/C9H14O2/c1-2-9(11-8-10)6-4-3-5-7-9/h2,8H,1,3-7H2. The van der Waals surface area contributed by atoms with E-state index in [1.807, 2.05) is 0 Å². The maximum absolute atomic E-state index is 10.2. The van der Waals surface area contributed by atoms with Gasteiger partial charge in [0, 0.05) is 0 Å². The molecule has 0 spiro atoms. The molecule has 0 heterocycles. The first-order chi connectivity index (χ1) is 5.33. The molecular weight excluding hydrogens is 140 g/mol. The van der Waals surface area contributed by atoms with Crippen molar-refractivity contribution in [3.63, 3.8) is 0 Å². The van der Waals surface area contributed by atoms with Gasteiger partial charge < -0.3 is 4.74 Å². The zero-order valence-corrected chi connectivity index (χ0v) is 6.71. The van der Waals surface area contributed by atoms with Gasteiger partial charge in [0.1, 0.15) is 5.60 Å². The Labute approximate surface area is 67.2 Å². The number of hydrogen-bond acceptors (Lipinski definition) is 2. The van der Waals surface area contributed by atoms with Crippen molar-refractivity contribution in [3.8, 4) is 0 Å². The lowest BCUT2D eigenvalue weighted by atomic mass is 9.85. The molecule has 0 radical (unpaired) electrons. The van der Waals surface area contributed by atoms with Gasteiger partial charge in [-0.1, -0.05) is 13.0 Å². The van der Waals surface area contributed by atoms with Crippen LogP contribution in [0.25, 0.3) is 0 Å². The summed E-state index contributed by atoms with van der Waals surface area (Å²) in [7, 11) is 0. The minimum atomic E-state index is -0.333. The quantitative estimate of drug-likeness (QED) is 0.459. The third kappa shape index (κ3) is 1.82. The molecule has 1 fully saturated rings. The van der Waals surface area contributed by atoms with E-state index in [-0.39, 0.29) is 5.60 Å². The lowest BCUT2D eigenvalue weighted by Gasteiger charge is -2.32. The molecule has 0 aromatic rings. The summed E-state index contributed by atoms with van der Waals surface area (Å²) in [5.74, 6) is 0. The van der Waals surface area contributed by atoms with Gasteiger partial charge in [0.05, 0.1) is 0 Å². The van der Waals surface area contributed by atoms with Gasteiger partial charge >= 0.3 is 0 Å². The molecule has 0 bridgehead atoms. The molecule has 1 saturated carbocycles. The first-order valence-corrected chi connectivity index (χ1v) is 4.08. The van der Waals surface area contributed by atoms with Crippen LogP contribution in [0.1, 0.15) is 32.1 Å². The minimum Gasteiger partial charge on any atom is -0.457 e. The molecule has 1 aliphatic rings. The Morgan fingerprint density at radius 3 is 2.36 bits per heavy atom. The second-order valence-electron chi connectivity index (χ2n) is 3.04. The zero-order valence-electron chi connectivity index (χ0n) is 6.71. The molecular formula is C9H14O2. The van der Waals surface area contributed by atoms with Crippen molar-refractivity contribution >= 4 is 6.47 Å². The second kappa shape index (κ2) is 3.56. The van der Waals surface area contributed by atoms with Crippen LogP contribution in [0.4, 0.5) is 0 Å². The average Bonchev–Trinajstić information content (AvgIpc) is 2.07. The summed E-state index contributed by atoms with van der Waals surface area (Å²) in [4.78, 5) is 10.2. The average molecular weight is 154 g/mol. The Hall–Kier alpha value is -0.790. The molecule has 0 saturated heterocycles. The van der Waals surface area contributed by atoms with Crippen LogP contribution >= 0.6 is 0 Å². The predicted octanol–water partition coefficient (Wildman–Crippen LogP) is 2.05. The van der Waals surface area contributed by atoms with E-state index >= 15 is 0 Å². The highest BCUT2D eigenvalue weighted by Gasteiger charge is 2.29. The van der Waals surface area contributed by atoms with Gasteiger partial charge in [0.15, 0.2) is 0 Å². The molecule has 0 atom stereocenters. The first kappa shape index (κ1) is 8.31. The van der Waals surface area contributed by atoms with E-state index in [9.17, 15) is 4.79 Å². The van der Waals surface area contributed by atoms with Crippen LogP contribution in [0.5, 0.6) is 0 Å². The Balaban J connectivity index is 2.56. The predicted molar refractivity (Wildman–Crippen MR) is 43.2 cm³/mol. The van der Waals surface area contributed by atoms with Crippen LogP contribution < -0.4 is 0 Å². The van der Waals surface area contributed by atoms with Gasteiger partial charge in [-0.25, -0.2) is 0 Å². The molecule has 0 amide bonds. The molecule has 1 aliphatic carbocycles. The Bertz CT molecular complexity index is 146. The van der Waals surface area contributed by atoms with Crippen LogP contribution in [-0.4, -0.2) is 12.1 Å². The molecule has 0 N–H and O–H groups in total. The molecule has 2 nitrogen and oxygen atoms in total. The molecule has 0 aliphatic heterocycles. The molecule has 0 aromatic heterocycles. The van der Waals surface area contributed by atoms with E-state index in [0.29, 0.717) is 6.47 Å². The van der Waals surface area contributed by atoms with Gasteiger partial charge in [-0.15, -0.1) is 0 Å². The smallest absolute Gasteiger partial charge is 0.293 e. The van der Waals surface area contributed by atoms with E-state index in [4.69, 9.17) is 4.74 Å². The SMILES string of the molecule is C=CC1(OC=O)CCCCC1. The van der Waals surface area contributed by atoms with Gasteiger partial charge in [-0.3, -0.25) is 4.79 Å². The largest absolute Gasteiger partial charge is 0.457 e. The lowest BCUT2D eigenvalue weighted by Crippen LogP contribution is -2.31. The Morgan fingerprint density at radius 1 is 1.27 bits per heavy atom. The Morgan fingerprint density at radius 2 is 1.91 bits per heavy atom. The fraction of sp³-hybridized carbons (Fsp3) is 0.667. The van der Waals surface area contributed by atoms with Crippen molar-refractivity contribution in [2.45, 2.75) is 37.7 Å². The fourth-order valence-electron chi connectivity index (χ4n) is 1.62. The number of carbonyl (C=O) groups is 1. The minimum absolute atomic E-state index is 0.333. The molecule has 1 rings (SSSR count). The zero-order chi connectivity index (χ0) is 8.16. The van der Waals surface area contributed by atoms with Crippen molar-refractivity contribution in [2.75, 3.05) is 0 Å². The van der Waals surface area contributed by atoms with Crippen LogP contribution in [-0.2, 0) is 9.53 Å². The van der Waals surface area contributed by atoms with Gasteiger partial charge in [0.2, 0.25) is 0 Å². The summed E-state index contributed by atoms with van der Waals surface area (Å²) in [6, 6.07) is 0. The molecule has 0 unspecified atom stereocenters. The van der Waals surface area contributed by atoms with Crippen LogP contribution in [0, 0.1) is 0 Å². The van der Waals surface area contributed by atoms with E-state index < -0.39 is 0 Å². The second-order valence-corrected chi connectivity index (χ2v) is 3.04. The third-order valence-corrected chi connectivity index (χ3v) is 2.35. The van der Waals surface area contributed by atoms with Gasteiger partial charge in [0.25, 0.3) is 6.47 Å². The van der Waals surface area contributed by atoms with Gasteiger partial charge in [-0.05, 0) is 31.8 Å². The number of hydrogen-bond donors (Lipinski definition) is 0. The molecule has 11 heavy (non-hydrogen) atoms. The highest BCUT2D eigenvalue weighted by molar-refractivity contribution is 5.39. The van der Waals surface area contributed by atoms with Crippen molar-refractivity contribution in [2.24, 2.45) is 0 Å². The molecule has 2 heteroatoms. The van der Waals surface area contributed by atoms with Crippen LogP contribution in [0.15, 0.2) is 12.7 Å². The number of ether oxygens (including phenoxy) is 1. The summed E-state index contributed by atoms with van der Waals surface area (Å²) < 4.78 is 5.02. The number of carbonyl (C=O) groups excluding carboxylic acids is 1. The summed E-state index contributed by atoms with van der Waals surface area (Å²) in [6.07, 6.45) is 7.17. The summed E-state index contributed by atoms with van der Waals surface area (Å²) in [5, 5.41) is 0. The first-order valence-electron chi connectivity index (χ1n) is 4.08. The van der Waals surface area contributed by atoms with E-state index in [1.165, 1.54) is 6.42 Å². The van der Waals surface area contributed by atoms with Crippen molar-refractivity contribution in [3.05, 3.63) is 12.7 Å². The monoisotopic (exact) mass is 154 g/mol. The summed E-state index contributed by atoms with van der Waals surface area (Å²) in [5.41, 5.74) is -0.333. The van der Waals surface area contributed by atoms with Crippen molar-refractivity contribution in [1.29, 1.82) is 0 Å². The fourth-order valence-corrected chi connectivity index (χ4v) is 1.62. The van der Waals surface area contributed by atoms with Crippen molar-refractivity contribution in [1.82, 2.24) is 0 Å².